The van der Waals surface area contributed by atoms with E-state index in [0.29, 0.717) is 13.2 Å². The highest BCUT2D eigenvalue weighted by Gasteiger charge is 2.11. The Morgan fingerprint density at radius 3 is 2.93 bits per heavy atom. The van der Waals surface area contributed by atoms with E-state index in [4.69, 9.17) is 4.74 Å². The maximum absolute atomic E-state index is 5.40. The van der Waals surface area contributed by atoms with E-state index in [2.05, 4.69) is 34.5 Å². The number of halogens is 1. The van der Waals surface area contributed by atoms with Crippen LogP contribution in [0.1, 0.15) is 18.3 Å². The molecule has 0 saturated heterocycles. The largest absolute Gasteiger partial charge is 0.371 e. The summed E-state index contributed by atoms with van der Waals surface area (Å²) in [5.41, 5.74) is 2.09. The molecule has 0 atom stereocenters. The van der Waals surface area contributed by atoms with Gasteiger partial charge in [0.15, 0.2) is 0 Å². The second-order valence-corrected chi connectivity index (χ2v) is 3.76. The van der Waals surface area contributed by atoms with Crippen molar-refractivity contribution in [3.05, 3.63) is 28.5 Å². The second-order valence-electron chi connectivity index (χ2n) is 2.97. The van der Waals surface area contributed by atoms with Crippen molar-refractivity contribution in [1.82, 2.24) is 9.78 Å². The van der Waals surface area contributed by atoms with E-state index in [-0.39, 0.29) is 0 Å². The molecule has 0 aliphatic rings. The molecule has 0 N–H and O–H groups in total. The number of rotatable bonds is 5. The summed E-state index contributed by atoms with van der Waals surface area (Å²) in [5, 5.41) is 4.37. The number of aromatic nitrogens is 2. The van der Waals surface area contributed by atoms with Crippen LogP contribution in [-0.4, -0.2) is 16.4 Å². The summed E-state index contributed by atoms with van der Waals surface area (Å²) in [5.74, 6) is 0. The van der Waals surface area contributed by atoms with Crippen LogP contribution in [0.5, 0.6) is 0 Å². The molecule has 78 valence electrons. The predicted molar refractivity (Wildman–Crippen MR) is 60.2 cm³/mol. The molecule has 0 fully saturated rings. The van der Waals surface area contributed by atoms with Gasteiger partial charge in [0.25, 0.3) is 0 Å². The quantitative estimate of drug-likeness (QED) is 0.600. The fraction of sp³-hybridized carbons (Fsp3) is 0.500. The zero-order valence-electron chi connectivity index (χ0n) is 8.59. The van der Waals surface area contributed by atoms with Crippen molar-refractivity contribution in [2.75, 3.05) is 6.61 Å². The first-order chi connectivity index (χ1) is 6.70. The standard InChI is InChI=1S/C10H15BrN2O/c1-4-6-14-7-9-10(11)8(3)12-13(9)5-2/h4H,1,5-7H2,2-3H3. The Bertz CT molecular complexity index is 320. The molecule has 0 radical (unpaired) electrons. The topological polar surface area (TPSA) is 27.1 Å². The molecule has 1 rings (SSSR count). The summed E-state index contributed by atoms with van der Waals surface area (Å²) in [4.78, 5) is 0. The first-order valence-corrected chi connectivity index (χ1v) is 5.40. The van der Waals surface area contributed by atoms with Gasteiger partial charge in [0, 0.05) is 6.54 Å². The van der Waals surface area contributed by atoms with Crippen molar-refractivity contribution in [2.45, 2.75) is 27.0 Å². The van der Waals surface area contributed by atoms with Crippen molar-refractivity contribution in [3.63, 3.8) is 0 Å². The Balaban J connectivity index is 2.77. The molecule has 0 aromatic carbocycles. The number of nitrogens with zero attached hydrogens (tertiary/aromatic N) is 2. The normalized spacial score (nSPS) is 10.5. The monoisotopic (exact) mass is 258 g/mol. The number of ether oxygens (including phenoxy) is 1. The van der Waals surface area contributed by atoms with Crippen LogP contribution in [0.4, 0.5) is 0 Å². The molecule has 1 heterocycles. The van der Waals surface area contributed by atoms with Crippen molar-refractivity contribution >= 4 is 15.9 Å². The molecule has 0 aliphatic heterocycles. The van der Waals surface area contributed by atoms with Crippen LogP contribution < -0.4 is 0 Å². The van der Waals surface area contributed by atoms with Gasteiger partial charge in [-0.15, -0.1) is 6.58 Å². The minimum absolute atomic E-state index is 0.570. The molecule has 14 heavy (non-hydrogen) atoms. The van der Waals surface area contributed by atoms with E-state index in [1.165, 1.54) is 0 Å². The highest BCUT2D eigenvalue weighted by atomic mass is 79.9. The first-order valence-electron chi connectivity index (χ1n) is 4.61. The second kappa shape index (κ2) is 5.32. The van der Waals surface area contributed by atoms with Gasteiger partial charge in [0.05, 0.1) is 29.1 Å². The van der Waals surface area contributed by atoms with Crippen molar-refractivity contribution < 1.29 is 4.74 Å². The summed E-state index contributed by atoms with van der Waals surface area (Å²) in [7, 11) is 0. The molecule has 0 aliphatic carbocycles. The van der Waals surface area contributed by atoms with E-state index in [9.17, 15) is 0 Å². The molecule has 1 aromatic heterocycles. The van der Waals surface area contributed by atoms with Crippen molar-refractivity contribution in [2.24, 2.45) is 0 Å². The first kappa shape index (κ1) is 11.5. The van der Waals surface area contributed by atoms with Gasteiger partial charge >= 0.3 is 0 Å². The maximum Gasteiger partial charge on any atom is 0.0900 e. The molecule has 3 nitrogen and oxygen atoms in total. The van der Waals surface area contributed by atoms with Gasteiger partial charge < -0.3 is 4.74 Å². The van der Waals surface area contributed by atoms with E-state index < -0.39 is 0 Å². The average molecular weight is 259 g/mol. The molecule has 0 amide bonds. The minimum Gasteiger partial charge on any atom is -0.371 e. The highest BCUT2D eigenvalue weighted by molar-refractivity contribution is 9.10. The van der Waals surface area contributed by atoms with Gasteiger partial charge in [-0.2, -0.15) is 5.10 Å². The zero-order chi connectivity index (χ0) is 10.6. The summed E-state index contributed by atoms with van der Waals surface area (Å²) in [6.45, 7) is 9.65. The Labute approximate surface area is 92.9 Å². The summed E-state index contributed by atoms with van der Waals surface area (Å²) in [6, 6.07) is 0. The van der Waals surface area contributed by atoms with Crippen molar-refractivity contribution in [1.29, 1.82) is 0 Å². The summed E-state index contributed by atoms with van der Waals surface area (Å²) in [6.07, 6.45) is 1.74. The van der Waals surface area contributed by atoms with Gasteiger partial charge in [-0.05, 0) is 29.8 Å². The molecular formula is C10H15BrN2O. The minimum atomic E-state index is 0.570. The van der Waals surface area contributed by atoms with Gasteiger partial charge in [-0.25, -0.2) is 0 Å². The fourth-order valence-corrected chi connectivity index (χ4v) is 1.64. The van der Waals surface area contributed by atoms with Crippen LogP contribution >= 0.6 is 15.9 Å². The number of aryl methyl sites for hydroxylation is 2. The van der Waals surface area contributed by atoms with Crippen LogP contribution in [0.15, 0.2) is 17.1 Å². The molecule has 0 bridgehead atoms. The Kier molecular flexibility index (Phi) is 4.35. The van der Waals surface area contributed by atoms with E-state index in [1.54, 1.807) is 6.08 Å². The van der Waals surface area contributed by atoms with Crippen molar-refractivity contribution in [3.8, 4) is 0 Å². The van der Waals surface area contributed by atoms with E-state index in [1.807, 2.05) is 11.6 Å². The Morgan fingerprint density at radius 2 is 2.36 bits per heavy atom. The molecule has 4 heteroatoms. The van der Waals surface area contributed by atoms with Gasteiger partial charge in [-0.1, -0.05) is 6.08 Å². The number of hydrogen-bond acceptors (Lipinski definition) is 2. The Morgan fingerprint density at radius 1 is 1.64 bits per heavy atom. The third-order valence-electron chi connectivity index (χ3n) is 1.93. The lowest BCUT2D eigenvalue weighted by Gasteiger charge is -2.04. The predicted octanol–water partition coefficient (Wildman–Crippen LogP) is 2.68. The fourth-order valence-electron chi connectivity index (χ4n) is 1.25. The summed E-state index contributed by atoms with van der Waals surface area (Å²) < 4.78 is 8.39. The van der Waals surface area contributed by atoms with Crippen LogP contribution in [0.3, 0.4) is 0 Å². The molecule has 0 unspecified atom stereocenters. The Hall–Kier alpha value is -0.610. The van der Waals surface area contributed by atoms with Crippen LogP contribution in [0.2, 0.25) is 0 Å². The smallest absolute Gasteiger partial charge is 0.0900 e. The lowest BCUT2D eigenvalue weighted by atomic mass is 10.4. The molecule has 0 spiro atoms. The zero-order valence-corrected chi connectivity index (χ0v) is 10.2. The lowest BCUT2D eigenvalue weighted by Crippen LogP contribution is -2.05. The third kappa shape index (κ3) is 2.45. The van der Waals surface area contributed by atoms with E-state index >= 15 is 0 Å². The van der Waals surface area contributed by atoms with Crippen LogP contribution in [0, 0.1) is 6.92 Å². The average Bonchev–Trinajstić information content (AvgIpc) is 2.45. The van der Waals surface area contributed by atoms with Crippen LogP contribution in [0.25, 0.3) is 0 Å². The molecule has 0 saturated carbocycles. The summed E-state index contributed by atoms with van der Waals surface area (Å²) >= 11 is 3.50. The van der Waals surface area contributed by atoms with Gasteiger partial charge in [0.1, 0.15) is 0 Å². The lowest BCUT2D eigenvalue weighted by molar-refractivity contribution is 0.141. The van der Waals surface area contributed by atoms with Gasteiger partial charge in [-0.3, -0.25) is 4.68 Å². The SMILES string of the molecule is C=CCOCc1c(Br)c(C)nn1CC. The highest BCUT2D eigenvalue weighted by Crippen LogP contribution is 2.21. The van der Waals surface area contributed by atoms with Crippen LogP contribution in [-0.2, 0) is 17.9 Å². The third-order valence-corrected chi connectivity index (χ3v) is 2.96. The maximum atomic E-state index is 5.40. The molecule has 1 aromatic rings. The number of hydrogen-bond donors (Lipinski definition) is 0. The van der Waals surface area contributed by atoms with E-state index in [0.717, 1.165) is 22.4 Å². The van der Waals surface area contributed by atoms with Gasteiger partial charge in [0.2, 0.25) is 0 Å². The molecular weight excluding hydrogens is 244 g/mol.